The number of carbonyl (C=O) groups is 3. The summed E-state index contributed by atoms with van der Waals surface area (Å²) in [5.74, 6) is -0.462. The van der Waals surface area contributed by atoms with E-state index in [1.54, 1.807) is 0 Å². The van der Waals surface area contributed by atoms with Gasteiger partial charge in [-0.25, -0.2) is 9.59 Å². The number of nitrogens with one attached hydrogen (secondary N) is 1. The van der Waals surface area contributed by atoms with Crippen LogP contribution < -0.4 is 5.32 Å². The second-order valence-electron chi connectivity index (χ2n) is 7.24. The van der Waals surface area contributed by atoms with Gasteiger partial charge in [-0.05, 0) is 31.1 Å². The van der Waals surface area contributed by atoms with Crippen molar-refractivity contribution in [2.45, 2.75) is 65.8 Å². The molecule has 1 fully saturated rings. The highest BCUT2D eigenvalue weighted by atomic mass is 35.5. The minimum absolute atomic E-state index is 0.0105. The van der Waals surface area contributed by atoms with Gasteiger partial charge in [0.2, 0.25) is 0 Å². The Hall–Kier alpha value is -1.30. The van der Waals surface area contributed by atoms with E-state index in [4.69, 9.17) is 16.3 Å². The van der Waals surface area contributed by atoms with E-state index in [-0.39, 0.29) is 29.6 Å². The standard InChI is InChI=1S/C17H28ClNO5/c1-5-16(3,10-18)9-17(4,6-2)11-23-13(20)8-7-12-14(21)24-15(22)19-12/h12H,5-11H2,1-4H3,(H,19,22). The molecule has 0 aromatic rings. The second kappa shape index (κ2) is 8.70. The molecule has 1 saturated heterocycles. The Bertz CT molecular complexity index is 478. The summed E-state index contributed by atoms with van der Waals surface area (Å²) in [6, 6.07) is -0.762. The molecule has 0 saturated carbocycles. The molecule has 0 radical (unpaired) electrons. The van der Waals surface area contributed by atoms with Crippen LogP contribution in [-0.2, 0) is 19.1 Å². The lowest BCUT2D eigenvalue weighted by Gasteiger charge is -2.37. The van der Waals surface area contributed by atoms with Gasteiger partial charge < -0.3 is 14.8 Å². The van der Waals surface area contributed by atoms with Crippen molar-refractivity contribution < 1.29 is 23.9 Å². The third kappa shape index (κ3) is 5.96. The van der Waals surface area contributed by atoms with E-state index < -0.39 is 18.1 Å². The van der Waals surface area contributed by atoms with Gasteiger partial charge in [0.05, 0.1) is 6.61 Å². The van der Waals surface area contributed by atoms with E-state index in [9.17, 15) is 14.4 Å². The highest BCUT2D eigenvalue weighted by Gasteiger charge is 2.35. The molecule has 6 nitrogen and oxygen atoms in total. The number of alkyl halides is 1. The number of ether oxygens (including phenoxy) is 2. The SMILES string of the molecule is CCC(C)(CCl)CC(C)(CC)COC(=O)CCC1NC(=O)OC1=O. The Kier molecular flexibility index (Phi) is 7.52. The first-order valence-corrected chi connectivity index (χ1v) is 8.94. The van der Waals surface area contributed by atoms with Gasteiger partial charge in [0, 0.05) is 17.7 Å². The molecule has 1 aliphatic rings. The van der Waals surface area contributed by atoms with Crippen LogP contribution in [0, 0.1) is 10.8 Å². The lowest BCUT2D eigenvalue weighted by atomic mass is 9.71. The molecule has 3 unspecified atom stereocenters. The Morgan fingerprint density at radius 2 is 1.88 bits per heavy atom. The number of hydrogen-bond donors (Lipinski definition) is 1. The number of alkyl carbamates (subject to hydrolysis) is 1. The summed E-state index contributed by atoms with van der Waals surface area (Å²) in [6.07, 6.45) is 2.17. The molecule has 0 aromatic heterocycles. The minimum atomic E-state index is -0.767. The normalized spacial score (nSPS) is 22.3. The fraction of sp³-hybridized carbons (Fsp3) is 0.824. The predicted octanol–water partition coefficient (Wildman–Crippen LogP) is 3.41. The van der Waals surface area contributed by atoms with Gasteiger partial charge in [0.25, 0.3) is 0 Å². The maximum absolute atomic E-state index is 11.9. The molecule has 1 amide bonds. The third-order valence-electron chi connectivity index (χ3n) is 4.87. The number of rotatable bonds is 10. The van der Waals surface area contributed by atoms with Crippen LogP contribution in [0.2, 0.25) is 0 Å². The number of hydrogen-bond acceptors (Lipinski definition) is 5. The molecule has 0 spiro atoms. The Balaban J connectivity index is 2.45. The molecule has 1 aliphatic heterocycles. The molecule has 138 valence electrons. The second-order valence-corrected chi connectivity index (χ2v) is 7.51. The van der Waals surface area contributed by atoms with E-state index in [1.165, 1.54) is 0 Å². The quantitative estimate of drug-likeness (QED) is 0.366. The van der Waals surface area contributed by atoms with Gasteiger partial charge in [0.1, 0.15) is 6.04 Å². The van der Waals surface area contributed by atoms with E-state index in [1.807, 2.05) is 0 Å². The maximum Gasteiger partial charge on any atom is 0.415 e. The van der Waals surface area contributed by atoms with Crippen LogP contribution in [0.3, 0.4) is 0 Å². The fourth-order valence-corrected chi connectivity index (χ4v) is 3.03. The molecule has 1 heterocycles. The first-order valence-electron chi connectivity index (χ1n) is 8.41. The molecule has 1 N–H and O–H groups in total. The van der Waals surface area contributed by atoms with E-state index in [0.29, 0.717) is 12.5 Å². The molecule has 0 bridgehead atoms. The van der Waals surface area contributed by atoms with Crippen molar-refractivity contribution in [3.63, 3.8) is 0 Å². The highest BCUT2D eigenvalue weighted by molar-refractivity contribution is 6.18. The summed E-state index contributed by atoms with van der Waals surface area (Å²) in [4.78, 5) is 34.2. The molecule has 3 atom stereocenters. The van der Waals surface area contributed by atoms with E-state index in [2.05, 4.69) is 37.7 Å². The maximum atomic E-state index is 11.9. The Morgan fingerprint density at radius 3 is 2.33 bits per heavy atom. The minimum Gasteiger partial charge on any atom is -0.465 e. The monoisotopic (exact) mass is 361 g/mol. The summed E-state index contributed by atoms with van der Waals surface area (Å²) < 4.78 is 9.77. The van der Waals surface area contributed by atoms with Crippen molar-refractivity contribution in [2.75, 3.05) is 12.5 Å². The first kappa shape index (κ1) is 20.7. The van der Waals surface area contributed by atoms with E-state index in [0.717, 1.165) is 19.3 Å². The zero-order valence-corrected chi connectivity index (χ0v) is 15.7. The number of amides is 1. The third-order valence-corrected chi connectivity index (χ3v) is 5.52. The first-order chi connectivity index (χ1) is 11.2. The average molecular weight is 362 g/mol. The van der Waals surface area contributed by atoms with Gasteiger partial charge in [-0.15, -0.1) is 11.6 Å². The highest BCUT2D eigenvalue weighted by Crippen LogP contribution is 2.40. The number of carbonyl (C=O) groups excluding carboxylic acids is 3. The van der Waals surface area contributed by atoms with Crippen LogP contribution >= 0.6 is 11.6 Å². The predicted molar refractivity (Wildman–Crippen MR) is 90.7 cm³/mol. The van der Waals surface area contributed by atoms with Crippen molar-refractivity contribution in [1.29, 1.82) is 0 Å². The Labute approximate surface area is 148 Å². The Morgan fingerprint density at radius 1 is 1.25 bits per heavy atom. The molecule has 0 aliphatic carbocycles. The average Bonchev–Trinajstić information content (AvgIpc) is 2.88. The zero-order chi connectivity index (χ0) is 18.4. The summed E-state index contributed by atoms with van der Waals surface area (Å²) in [6.45, 7) is 8.73. The molecular formula is C17H28ClNO5. The van der Waals surface area contributed by atoms with Gasteiger partial charge in [-0.2, -0.15) is 0 Å². The zero-order valence-electron chi connectivity index (χ0n) is 14.9. The molecule has 7 heteroatoms. The topological polar surface area (TPSA) is 81.7 Å². The van der Waals surface area contributed by atoms with Crippen molar-refractivity contribution in [3.05, 3.63) is 0 Å². The number of cyclic esters (lactones) is 2. The van der Waals surface area contributed by atoms with Crippen molar-refractivity contribution in [2.24, 2.45) is 10.8 Å². The molecule has 0 aromatic carbocycles. The summed E-state index contributed by atoms with van der Waals surface area (Å²) in [5.41, 5.74) is -0.133. The van der Waals surface area contributed by atoms with Crippen molar-refractivity contribution in [1.82, 2.24) is 5.32 Å². The number of halogens is 1. The number of esters is 2. The summed E-state index contributed by atoms with van der Waals surface area (Å²) in [5, 5.41) is 2.36. The van der Waals surface area contributed by atoms with Crippen molar-refractivity contribution >= 4 is 29.6 Å². The molecule has 24 heavy (non-hydrogen) atoms. The lowest BCUT2D eigenvalue weighted by molar-refractivity contribution is -0.148. The van der Waals surface area contributed by atoms with Crippen LogP contribution in [0.15, 0.2) is 0 Å². The largest absolute Gasteiger partial charge is 0.465 e. The van der Waals surface area contributed by atoms with Crippen LogP contribution in [0.4, 0.5) is 4.79 Å². The van der Waals surface area contributed by atoms with Crippen LogP contribution in [0.5, 0.6) is 0 Å². The van der Waals surface area contributed by atoms with Gasteiger partial charge in [0.15, 0.2) is 0 Å². The van der Waals surface area contributed by atoms with Gasteiger partial charge >= 0.3 is 18.0 Å². The van der Waals surface area contributed by atoms with Gasteiger partial charge in [-0.3, -0.25) is 4.79 Å². The van der Waals surface area contributed by atoms with Crippen LogP contribution in [0.25, 0.3) is 0 Å². The summed E-state index contributed by atoms with van der Waals surface area (Å²) >= 11 is 6.10. The van der Waals surface area contributed by atoms with Crippen LogP contribution in [-0.4, -0.2) is 36.6 Å². The van der Waals surface area contributed by atoms with Crippen molar-refractivity contribution in [3.8, 4) is 0 Å². The summed E-state index contributed by atoms with van der Waals surface area (Å²) in [7, 11) is 0. The molecular weight excluding hydrogens is 334 g/mol. The van der Waals surface area contributed by atoms with Gasteiger partial charge in [-0.1, -0.05) is 27.7 Å². The smallest absolute Gasteiger partial charge is 0.415 e. The van der Waals surface area contributed by atoms with E-state index >= 15 is 0 Å². The van der Waals surface area contributed by atoms with Crippen LogP contribution in [0.1, 0.15) is 59.8 Å². The molecule has 1 rings (SSSR count). The fourth-order valence-electron chi connectivity index (χ4n) is 2.75. The lowest BCUT2D eigenvalue weighted by Crippen LogP contribution is -2.33.